The number of amides is 1. The fraction of sp³-hybridized carbons (Fsp3) is 0.312. The molecule has 112 valence electrons. The maximum absolute atomic E-state index is 11.8. The van der Waals surface area contributed by atoms with Crippen molar-refractivity contribution in [2.75, 3.05) is 5.75 Å². The predicted molar refractivity (Wildman–Crippen MR) is 87.6 cm³/mol. The second-order valence-corrected chi connectivity index (χ2v) is 6.26. The number of thioether (sulfide) groups is 1. The van der Waals surface area contributed by atoms with Crippen LogP contribution in [0.4, 0.5) is 0 Å². The van der Waals surface area contributed by atoms with Gasteiger partial charge >= 0.3 is 0 Å². The lowest BCUT2D eigenvalue weighted by Crippen LogP contribution is -2.24. The van der Waals surface area contributed by atoms with Crippen LogP contribution in [0.5, 0.6) is 0 Å². The first-order chi connectivity index (χ1) is 10.0. The normalized spacial score (nSPS) is 10.6. The zero-order valence-corrected chi connectivity index (χ0v) is 13.7. The molecule has 0 unspecified atom stereocenters. The van der Waals surface area contributed by atoms with Gasteiger partial charge in [0, 0.05) is 22.9 Å². The number of halogens is 1. The first-order valence-electron chi connectivity index (χ1n) is 6.69. The van der Waals surface area contributed by atoms with E-state index >= 15 is 0 Å². The van der Waals surface area contributed by atoms with Crippen LogP contribution in [0.25, 0.3) is 0 Å². The molecule has 0 fully saturated rings. The average Bonchev–Trinajstić information content (AvgIpc) is 2.75. The van der Waals surface area contributed by atoms with Gasteiger partial charge < -0.3 is 9.73 Å². The van der Waals surface area contributed by atoms with Crippen LogP contribution in [0.1, 0.15) is 22.6 Å². The molecule has 0 aliphatic rings. The SMILES string of the molecule is Cc1cc(CNC(=O)CSCc2cccc(Cl)c2)c(C)o1. The fourth-order valence-corrected chi connectivity index (χ4v) is 3.01. The van der Waals surface area contributed by atoms with Gasteiger partial charge in [0.25, 0.3) is 0 Å². The Bertz CT molecular complexity index is 624. The van der Waals surface area contributed by atoms with Crippen molar-refractivity contribution in [3.8, 4) is 0 Å². The van der Waals surface area contributed by atoms with Gasteiger partial charge in [0.15, 0.2) is 0 Å². The van der Waals surface area contributed by atoms with Crippen molar-refractivity contribution in [1.82, 2.24) is 5.32 Å². The van der Waals surface area contributed by atoms with Crippen LogP contribution < -0.4 is 5.32 Å². The summed E-state index contributed by atoms with van der Waals surface area (Å²) < 4.78 is 5.43. The van der Waals surface area contributed by atoms with E-state index in [2.05, 4.69) is 5.32 Å². The van der Waals surface area contributed by atoms with Gasteiger partial charge in [-0.15, -0.1) is 11.8 Å². The summed E-state index contributed by atoms with van der Waals surface area (Å²) in [5.41, 5.74) is 2.15. The van der Waals surface area contributed by atoms with Crippen LogP contribution in [0.2, 0.25) is 5.02 Å². The molecule has 3 nitrogen and oxygen atoms in total. The minimum absolute atomic E-state index is 0.0280. The van der Waals surface area contributed by atoms with Gasteiger partial charge in [-0.3, -0.25) is 4.79 Å². The monoisotopic (exact) mass is 323 g/mol. The van der Waals surface area contributed by atoms with Crippen LogP contribution in [0, 0.1) is 13.8 Å². The largest absolute Gasteiger partial charge is 0.466 e. The van der Waals surface area contributed by atoms with Crippen molar-refractivity contribution >= 4 is 29.3 Å². The summed E-state index contributed by atoms with van der Waals surface area (Å²) in [7, 11) is 0. The first kappa shape index (κ1) is 16.0. The van der Waals surface area contributed by atoms with E-state index in [0.29, 0.717) is 12.3 Å². The lowest BCUT2D eigenvalue weighted by atomic mass is 10.2. The number of benzene rings is 1. The highest BCUT2D eigenvalue weighted by Gasteiger charge is 2.07. The Labute approximate surface area is 134 Å². The van der Waals surface area contributed by atoms with Gasteiger partial charge in [0.05, 0.1) is 5.75 Å². The smallest absolute Gasteiger partial charge is 0.230 e. The van der Waals surface area contributed by atoms with Gasteiger partial charge in [-0.25, -0.2) is 0 Å². The molecule has 0 radical (unpaired) electrons. The number of furan rings is 1. The third kappa shape index (κ3) is 5.14. The second kappa shape index (κ2) is 7.57. The Kier molecular flexibility index (Phi) is 5.76. The molecule has 0 saturated carbocycles. The summed E-state index contributed by atoms with van der Waals surface area (Å²) >= 11 is 7.50. The van der Waals surface area contributed by atoms with Gasteiger partial charge in [-0.2, -0.15) is 0 Å². The molecule has 1 aromatic heterocycles. The molecule has 21 heavy (non-hydrogen) atoms. The molecule has 0 aliphatic carbocycles. The van der Waals surface area contributed by atoms with E-state index in [1.165, 1.54) is 0 Å². The average molecular weight is 324 g/mol. The zero-order valence-electron chi connectivity index (χ0n) is 12.1. The lowest BCUT2D eigenvalue weighted by Gasteiger charge is -2.05. The summed E-state index contributed by atoms with van der Waals surface area (Å²) in [6.07, 6.45) is 0. The summed E-state index contributed by atoms with van der Waals surface area (Å²) in [6.45, 7) is 4.32. The highest BCUT2D eigenvalue weighted by molar-refractivity contribution is 7.99. The molecule has 5 heteroatoms. The number of hydrogen-bond acceptors (Lipinski definition) is 3. The summed E-state index contributed by atoms with van der Waals surface area (Å²) in [5.74, 6) is 2.96. The van der Waals surface area contributed by atoms with Crippen molar-refractivity contribution in [3.05, 3.63) is 58.0 Å². The molecule has 1 heterocycles. The number of hydrogen-bond donors (Lipinski definition) is 1. The van der Waals surface area contributed by atoms with E-state index in [4.69, 9.17) is 16.0 Å². The number of aryl methyl sites for hydroxylation is 2. The van der Waals surface area contributed by atoms with E-state index in [9.17, 15) is 4.79 Å². The number of carbonyl (C=O) groups excluding carboxylic acids is 1. The minimum atomic E-state index is 0.0280. The molecule has 0 bridgehead atoms. The van der Waals surface area contributed by atoms with E-state index in [0.717, 1.165) is 33.4 Å². The third-order valence-electron chi connectivity index (χ3n) is 3.01. The van der Waals surface area contributed by atoms with E-state index < -0.39 is 0 Å². The number of carbonyl (C=O) groups is 1. The maximum atomic E-state index is 11.8. The fourth-order valence-electron chi connectivity index (χ4n) is 1.99. The van der Waals surface area contributed by atoms with Crippen molar-refractivity contribution in [1.29, 1.82) is 0 Å². The molecule has 1 aromatic carbocycles. The van der Waals surface area contributed by atoms with E-state index in [1.807, 2.05) is 44.2 Å². The molecule has 2 rings (SSSR count). The van der Waals surface area contributed by atoms with Crippen molar-refractivity contribution in [2.45, 2.75) is 26.1 Å². The quantitative estimate of drug-likeness (QED) is 0.870. The Hall–Kier alpha value is -1.39. The summed E-state index contributed by atoms with van der Waals surface area (Å²) in [6, 6.07) is 9.65. The molecular weight excluding hydrogens is 306 g/mol. The summed E-state index contributed by atoms with van der Waals surface area (Å²) in [5, 5.41) is 3.63. The maximum Gasteiger partial charge on any atom is 0.230 e. The minimum Gasteiger partial charge on any atom is -0.466 e. The molecule has 1 N–H and O–H groups in total. The lowest BCUT2D eigenvalue weighted by molar-refractivity contribution is -0.118. The zero-order chi connectivity index (χ0) is 15.2. The highest BCUT2D eigenvalue weighted by Crippen LogP contribution is 2.17. The van der Waals surface area contributed by atoms with Crippen LogP contribution in [-0.4, -0.2) is 11.7 Å². The standard InChI is InChI=1S/C16H18ClNO2S/c1-11-6-14(12(2)20-11)8-18-16(19)10-21-9-13-4-3-5-15(17)7-13/h3-7H,8-10H2,1-2H3,(H,18,19). The number of nitrogens with one attached hydrogen (secondary N) is 1. The topological polar surface area (TPSA) is 42.2 Å². The number of rotatable bonds is 6. The molecule has 0 aliphatic heterocycles. The van der Waals surface area contributed by atoms with E-state index in [1.54, 1.807) is 11.8 Å². The van der Waals surface area contributed by atoms with Gasteiger partial charge in [-0.1, -0.05) is 23.7 Å². The molecule has 2 aromatic rings. The highest BCUT2D eigenvalue weighted by atomic mass is 35.5. The van der Waals surface area contributed by atoms with E-state index in [-0.39, 0.29) is 5.91 Å². The Morgan fingerprint density at radius 3 is 2.81 bits per heavy atom. The second-order valence-electron chi connectivity index (χ2n) is 4.84. The van der Waals surface area contributed by atoms with Crippen molar-refractivity contribution in [2.24, 2.45) is 0 Å². The third-order valence-corrected chi connectivity index (χ3v) is 4.25. The van der Waals surface area contributed by atoms with Crippen LogP contribution in [0.3, 0.4) is 0 Å². The van der Waals surface area contributed by atoms with Gasteiger partial charge in [-0.05, 0) is 37.6 Å². The van der Waals surface area contributed by atoms with Gasteiger partial charge in [0.1, 0.15) is 11.5 Å². The van der Waals surface area contributed by atoms with Crippen LogP contribution in [0.15, 0.2) is 34.7 Å². The van der Waals surface area contributed by atoms with Crippen molar-refractivity contribution in [3.63, 3.8) is 0 Å². The van der Waals surface area contributed by atoms with Crippen molar-refractivity contribution < 1.29 is 9.21 Å². The molecule has 1 amide bonds. The predicted octanol–water partition coefficient (Wildman–Crippen LogP) is 4.10. The Morgan fingerprint density at radius 1 is 1.33 bits per heavy atom. The molecule has 0 saturated heterocycles. The molecular formula is C16H18ClNO2S. The Balaban J connectivity index is 1.71. The Morgan fingerprint density at radius 2 is 2.14 bits per heavy atom. The summed E-state index contributed by atoms with van der Waals surface area (Å²) in [4.78, 5) is 11.8. The molecule has 0 atom stereocenters. The van der Waals surface area contributed by atoms with Crippen LogP contribution in [-0.2, 0) is 17.1 Å². The first-order valence-corrected chi connectivity index (χ1v) is 8.22. The molecule has 0 spiro atoms. The van der Waals surface area contributed by atoms with Crippen LogP contribution >= 0.6 is 23.4 Å². The van der Waals surface area contributed by atoms with Gasteiger partial charge in [0.2, 0.25) is 5.91 Å².